The van der Waals surface area contributed by atoms with Gasteiger partial charge in [-0.15, -0.1) is 11.3 Å². The van der Waals surface area contributed by atoms with Crippen LogP contribution in [0.15, 0.2) is 6.20 Å². The molecule has 16 heavy (non-hydrogen) atoms. The maximum atomic E-state index is 11.5. The van der Waals surface area contributed by atoms with Crippen LogP contribution in [0.25, 0.3) is 0 Å². The van der Waals surface area contributed by atoms with E-state index in [1.165, 1.54) is 0 Å². The lowest BCUT2D eigenvalue weighted by molar-refractivity contribution is 0.533. The number of rotatable bonds is 3. The second-order valence-corrected chi connectivity index (χ2v) is 7.87. The van der Waals surface area contributed by atoms with E-state index in [0.29, 0.717) is 13.0 Å². The molecule has 0 aromatic carbocycles. The molecule has 1 aromatic rings. The van der Waals surface area contributed by atoms with Gasteiger partial charge in [-0.3, -0.25) is 0 Å². The molecule has 0 spiro atoms. The van der Waals surface area contributed by atoms with Crippen molar-refractivity contribution in [3.05, 3.63) is 16.1 Å². The molecule has 0 amide bonds. The highest BCUT2D eigenvalue weighted by Gasteiger charge is 2.41. The van der Waals surface area contributed by atoms with Crippen LogP contribution < -0.4 is 5.73 Å². The smallest absolute Gasteiger partial charge is 0.151 e. The summed E-state index contributed by atoms with van der Waals surface area (Å²) in [5, 5.41) is 0.942. The maximum absolute atomic E-state index is 11.5. The van der Waals surface area contributed by atoms with Crippen molar-refractivity contribution in [2.45, 2.75) is 25.2 Å². The summed E-state index contributed by atoms with van der Waals surface area (Å²) in [5.41, 5.74) is 5.20. The normalized spacial score (nSPS) is 28.4. The third kappa shape index (κ3) is 2.28. The quantitative estimate of drug-likeness (QED) is 0.869. The molecular weight excluding hydrogens is 244 g/mol. The molecular formula is C10H16N2O2S2. The number of hydrogen-bond acceptors (Lipinski definition) is 5. The van der Waals surface area contributed by atoms with Gasteiger partial charge < -0.3 is 5.73 Å². The minimum Gasteiger partial charge on any atom is -0.330 e. The summed E-state index contributed by atoms with van der Waals surface area (Å²) in [4.78, 5) is 5.49. The van der Waals surface area contributed by atoms with Crippen LogP contribution in [0.5, 0.6) is 0 Å². The number of sulfone groups is 1. The Morgan fingerprint density at radius 1 is 1.62 bits per heavy atom. The zero-order chi connectivity index (χ0) is 11.8. The second kappa shape index (κ2) is 4.09. The average Bonchev–Trinajstić information content (AvgIpc) is 2.73. The van der Waals surface area contributed by atoms with Gasteiger partial charge in [0, 0.05) is 16.5 Å². The second-order valence-electron chi connectivity index (χ2n) is 4.57. The summed E-state index contributed by atoms with van der Waals surface area (Å²) in [5.74, 6) is 0.519. The topological polar surface area (TPSA) is 73.0 Å². The largest absolute Gasteiger partial charge is 0.330 e. The summed E-state index contributed by atoms with van der Waals surface area (Å²) in [6, 6.07) is 0. The minimum absolute atomic E-state index is 0.232. The van der Waals surface area contributed by atoms with Crippen molar-refractivity contribution in [1.29, 1.82) is 0 Å². The lowest BCUT2D eigenvalue weighted by Gasteiger charge is -2.17. The maximum Gasteiger partial charge on any atom is 0.151 e. The molecule has 0 saturated carbocycles. The van der Waals surface area contributed by atoms with E-state index >= 15 is 0 Å². The Morgan fingerprint density at radius 2 is 2.38 bits per heavy atom. The third-order valence-electron chi connectivity index (χ3n) is 2.96. The van der Waals surface area contributed by atoms with Crippen LogP contribution in [-0.2, 0) is 21.7 Å². The first-order valence-electron chi connectivity index (χ1n) is 5.31. The van der Waals surface area contributed by atoms with Gasteiger partial charge in [0.05, 0.1) is 16.5 Å². The van der Waals surface area contributed by atoms with Gasteiger partial charge in [0.1, 0.15) is 0 Å². The van der Waals surface area contributed by atoms with Crippen LogP contribution in [0.3, 0.4) is 0 Å². The van der Waals surface area contributed by atoms with Crippen LogP contribution in [0.1, 0.15) is 23.2 Å². The molecule has 1 unspecified atom stereocenters. The Kier molecular flexibility index (Phi) is 3.07. The molecule has 90 valence electrons. The standard InChI is InChI=1S/C10H16N2O2S2/c1-10(3-5-16(13,14)7-10)9-12-6-8(15-9)2-4-11/h6H,2-5,7,11H2,1H3. The predicted octanol–water partition coefficient (Wildman–Crippen LogP) is 0.721. The van der Waals surface area contributed by atoms with Crippen molar-refractivity contribution < 1.29 is 8.42 Å². The fourth-order valence-corrected chi connectivity index (χ4v) is 5.37. The minimum atomic E-state index is -2.86. The van der Waals surface area contributed by atoms with Gasteiger partial charge in [0.2, 0.25) is 0 Å². The molecule has 1 atom stereocenters. The Balaban J connectivity index is 2.23. The Labute approximate surface area is 99.8 Å². The van der Waals surface area contributed by atoms with E-state index in [0.717, 1.165) is 16.3 Å². The van der Waals surface area contributed by atoms with E-state index in [1.807, 2.05) is 13.1 Å². The van der Waals surface area contributed by atoms with Gasteiger partial charge in [-0.1, -0.05) is 6.92 Å². The van der Waals surface area contributed by atoms with Gasteiger partial charge >= 0.3 is 0 Å². The summed E-state index contributed by atoms with van der Waals surface area (Å²) in [6.45, 7) is 2.60. The summed E-state index contributed by atoms with van der Waals surface area (Å²) < 4.78 is 23.0. The Morgan fingerprint density at radius 3 is 2.94 bits per heavy atom. The first kappa shape index (κ1) is 12.0. The van der Waals surface area contributed by atoms with Crippen molar-refractivity contribution in [2.75, 3.05) is 18.1 Å². The van der Waals surface area contributed by atoms with Crippen LogP contribution >= 0.6 is 11.3 Å². The van der Waals surface area contributed by atoms with Crippen molar-refractivity contribution in [3.8, 4) is 0 Å². The van der Waals surface area contributed by atoms with Gasteiger partial charge in [-0.05, 0) is 19.4 Å². The molecule has 1 aliphatic rings. The van der Waals surface area contributed by atoms with Gasteiger partial charge in [0.25, 0.3) is 0 Å². The number of hydrogen-bond donors (Lipinski definition) is 1. The van der Waals surface area contributed by atoms with Crippen molar-refractivity contribution in [3.63, 3.8) is 0 Å². The fraction of sp³-hybridized carbons (Fsp3) is 0.700. The highest BCUT2D eigenvalue weighted by molar-refractivity contribution is 7.91. The van der Waals surface area contributed by atoms with Crippen molar-refractivity contribution in [1.82, 2.24) is 4.98 Å². The predicted molar refractivity (Wildman–Crippen MR) is 65.5 cm³/mol. The molecule has 1 saturated heterocycles. The molecule has 2 heterocycles. The Bertz CT molecular complexity index is 481. The molecule has 1 fully saturated rings. The first-order valence-corrected chi connectivity index (χ1v) is 7.95. The highest BCUT2D eigenvalue weighted by Crippen LogP contribution is 2.37. The van der Waals surface area contributed by atoms with Crippen molar-refractivity contribution in [2.24, 2.45) is 5.73 Å². The SMILES string of the molecule is CC1(c2ncc(CCN)s2)CCS(=O)(=O)C1. The van der Waals surface area contributed by atoms with Crippen LogP contribution in [0.4, 0.5) is 0 Å². The number of nitrogens with two attached hydrogens (primary N) is 1. The van der Waals surface area contributed by atoms with Gasteiger partial charge in [0.15, 0.2) is 9.84 Å². The zero-order valence-corrected chi connectivity index (χ0v) is 10.9. The molecule has 0 radical (unpaired) electrons. The molecule has 2 rings (SSSR count). The molecule has 1 aromatic heterocycles. The van der Waals surface area contributed by atoms with Crippen LogP contribution in [0, 0.1) is 0 Å². The molecule has 1 aliphatic heterocycles. The summed E-state index contributed by atoms with van der Waals surface area (Å²) in [7, 11) is -2.86. The van der Waals surface area contributed by atoms with E-state index in [4.69, 9.17) is 5.73 Å². The third-order valence-corrected chi connectivity index (χ3v) is 6.23. The molecule has 4 nitrogen and oxygen atoms in total. The Hall–Kier alpha value is -0.460. The number of nitrogens with zero attached hydrogens (tertiary/aromatic N) is 1. The average molecular weight is 260 g/mol. The highest BCUT2D eigenvalue weighted by atomic mass is 32.2. The lowest BCUT2D eigenvalue weighted by Crippen LogP contribution is -2.22. The van der Waals surface area contributed by atoms with Crippen LogP contribution in [-0.4, -0.2) is 31.5 Å². The van der Waals surface area contributed by atoms with Gasteiger partial charge in [-0.25, -0.2) is 13.4 Å². The summed E-state index contributed by atoms with van der Waals surface area (Å²) >= 11 is 1.60. The molecule has 6 heteroatoms. The van der Waals surface area contributed by atoms with E-state index in [-0.39, 0.29) is 16.9 Å². The molecule has 0 bridgehead atoms. The van der Waals surface area contributed by atoms with E-state index in [9.17, 15) is 8.42 Å². The van der Waals surface area contributed by atoms with Crippen LogP contribution in [0.2, 0.25) is 0 Å². The van der Waals surface area contributed by atoms with Crippen molar-refractivity contribution >= 4 is 21.2 Å². The van der Waals surface area contributed by atoms with E-state index in [1.54, 1.807) is 11.3 Å². The van der Waals surface area contributed by atoms with E-state index in [2.05, 4.69) is 4.98 Å². The first-order chi connectivity index (χ1) is 7.45. The monoisotopic (exact) mass is 260 g/mol. The van der Waals surface area contributed by atoms with Gasteiger partial charge in [-0.2, -0.15) is 0 Å². The zero-order valence-electron chi connectivity index (χ0n) is 9.27. The fourth-order valence-electron chi connectivity index (χ4n) is 2.02. The number of thiazole rings is 1. The lowest BCUT2D eigenvalue weighted by atomic mass is 9.91. The number of aromatic nitrogens is 1. The van der Waals surface area contributed by atoms with E-state index < -0.39 is 9.84 Å². The molecule has 2 N–H and O–H groups in total. The summed E-state index contributed by atoms with van der Waals surface area (Å²) in [6.07, 6.45) is 3.33. The molecule has 0 aliphatic carbocycles.